The fraction of sp³-hybridized carbons (Fsp3) is 0.385. The number of benzene rings is 1. The summed E-state index contributed by atoms with van der Waals surface area (Å²) in [5, 5.41) is 7.89. The molecule has 1 heterocycles. The number of aromatic nitrogens is 2. The van der Waals surface area contributed by atoms with Crippen molar-refractivity contribution in [2.45, 2.75) is 32.7 Å². The first kappa shape index (κ1) is 11.8. The molecule has 0 bridgehead atoms. The zero-order valence-electron chi connectivity index (χ0n) is 10.2. The molecule has 4 heteroatoms. The van der Waals surface area contributed by atoms with E-state index in [-0.39, 0.29) is 6.04 Å². The van der Waals surface area contributed by atoms with Crippen LogP contribution in [-0.2, 0) is 12.8 Å². The predicted molar refractivity (Wildman–Crippen MR) is 65.5 cm³/mol. The number of hydrogen-bond acceptors (Lipinski definition) is 4. The third-order valence-electron chi connectivity index (χ3n) is 2.74. The van der Waals surface area contributed by atoms with Crippen LogP contribution in [0.15, 0.2) is 28.7 Å². The Morgan fingerprint density at radius 2 is 2.00 bits per heavy atom. The van der Waals surface area contributed by atoms with Gasteiger partial charge in [-0.05, 0) is 31.4 Å². The minimum absolute atomic E-state index is 0.199. The Labute approximate surface area is 101 Å². The van der Waals surface area contributed by atoms with E-state index in [0.717, 1.165) is 12.8 Å². The molecule has 1 unspecified atom stereocenters. The van der Waals surface area contributed by atoms with E-state index >= 15 is 0 Å². The topological polar surface area (TPSA) is 64.9 Å². The molecule has 0 aliphatic heterocycles. The van der Waals surface area contributed by atoms with Crippen LogP contribution in [0, 0.1) is 6.92 Å². The molecule has 17 heavy (non-hydrogen) atoms. The molecule has 0 radical (unpaired) electrons. The molecule has 0 amide bonds. The molecule has 0 aliphatic rings. The van der Waals surface area contributed by atoms with Gasteiger partial charge < -0.3 is 10.2 Å². The maximum absolute atomic E-state index is 5.66. The van der Waals surface area contributed by atoms with Crippen molar-refractivity contribution in [3.63, 3.8) is 0 Å². The molecule has 1 atom stereocenters. The molecule has 2 aromatic rings. The maximum atomic E-state index is 5.66. The highest BCUT2D eigenvalue weighted by molar-refractivity contribution is 5.25. The van der Waals surface area contributed by atoms with Crippen molar-refractivity contribution >= 4 is 0 Å². The van der Waals surface area contributed by atoms with E-state index in [1.807, 2.05) is 19.1 Å². The molecule has 0 saturated heterocycles. The Kier molecular flexibility index (Phi) is 3.54. The van der Waals surface area contributed by atoms with Gasteiger partial charge in [0.2, 0.25) is 11.8 Å². The fourth-order valence-corrected chi connectivity index (χ4v) is 1.68. The first-order chi connectivity index (χ1) is 8.16. The molecule has 0 saturated carbocycles. The van der Waals surface area contributed by atoms with Gasteiger partial charge in [-0.1, -0.05) is 24.3 Å². The van der Waals surface area contributed by atoms with Crippen molar-refractivity contribution < 1.29 is 4.42 Å². The second-order valence-corrected chi connectivity index (χ2v) is 4.25. The summed E-state index contributed by atoms with van der Waals surface area (Å²) >= 11 is 0. The summed E-state index contributed by atoms with van der Waals surface area (Å²) in [5.41, 5.74) is 8.27. The molecule has 2 N–H and O–H groups in total. The van der Waals surface area contributed by atoms with E-state index in [2.05, 4.69) is 29.3 Å². The van der Waals surface area contributed by atoms with Gasteiger partial charge in [0.25, 0.3) is 0 Å². The van der Waals surface area contributed by atoms with Gasteiger partial charge in [-0.15, -0.1) is 10.2 Å². The normalized spacial score (nSPS) is 12.6. The minimum atomic E-state index is -0.199. The van der Waals surface area contributed by atoms with Crippen molar-refractivity contribution in [1.82, 2.24) is 10.2 Å². The predicted octanol–water partition coefficient (Wildman–Crippen LogP) is 2.18. The van der Waals surface area contributed by atoms with E-state index in [1.165, 1.54) is 11.1 Å². The van der Waals surface area contributed by atoms with Gasteiger partial charge in [0.05, 0.1) is 6.04 Å². The number of nitrogens with zero attached hydrogens (tertiary/aromatic N) is 2. The second-order valence-electron chi connectivity index (χ2n) is 4.25. The highest BCUT2D eigenvalue weighted by Crippen LogP contribution is 2.12. The number of rotatable bonds is 4. The van der Waals surface area contributed by atoms with Crippen molar-refractivity contribution in [2.24, 2.45) is 5.73 Å². The van der Waals surface area contributed by atoms with E-state index < -0.39 is 0 Å². The Morgan fingerprint density at radius 3 is 2.65 bits per heavy atom. The molecular formula is C13H17N3O. The Balaban J connectivity index is 2.00. The van der Waals surface area contributed by atoms with Crippen molar-refractivity contribution in [2.75, 3.05) is 0 Å². The third-order valence-corrected chi connectivity index (χ3v) is 2.74. The van der Waals surface area contributed by atoms with Crippen LogP contribution in [0.3, 0.4) is 0 Å². The van der Waals surface area contributed by atoms with Gasteiger partial charge in [-0.2, -0.15) is 0 Å². The molecule has 0 aliphatic carbocycles. The summed E-state index contributed by atoms with van der Waals surface area (Å²) in [6.45, 7) is 3.94. The van der Waals surface area contributed by atoms with Crippen molar-refractivity contribution in [3.05, 3.63) is 47.2 Å². The molecule has 0 fully saturated rings. The van der Waals surface area contributed by atoms with Crippen LogP contribution >= 0.6 is 0 Å². The van der Waals surface area contributed by atoms with Gasteiger partial charge in [-0.25, -0.2) is 0 Å². The first-order valence-corrected chi connectivity index (χ1v) is 5.79. The van der Waals surface area contributed by atoms with Crippen LogP contribution in [0.1, 0.15) is 35.9 Å². The lowest BCUT2D eigenvalue weighted by Gasteiger charge is -2.02. The number of hydrogen-bond donors (Lipinski definition) is 1. The quantitative estimate of drug-likeness (QED) is 0.876. The standard InChI is InChI=1S/C13H17N3O/c1-9-5-3-4-6-11(9)7-8-12-15-16-13(17-12)10(2)14/h3-6,10H,7-8,14H2,1-2H3. The lowest BCUT2D eigenvalue weighted by atomic mass is 10.0. The summed E-state index contributed by atoms with van der Waals surface area (Å²) in [7, 11) is 0. The number of aryl methyl sites for hydroxylation is 3. The van der Waals surface area contributed by atoms with Gasteiger partial charge in [0.1, 0.15) is 0 Å². The summed E-state index contributed by atoms with van der Waals surface area (Å²) in [5.74, 6) is 1.16. The zero-order valence-corrected chi connectivity index (χ0v) is 10.2. The summed E-state index contributed by atoms with van der Waals surface area (Å²) in [6.07, 6.45) is 1.66. The SMILES string of the molecule is Cc1ccccc1CCc1nnc(C(C)N)o1. The van der Waals surface area contributed by atoms with Gasteiger partial charge in [0, 0.05) is 6.42 Å². The zero-order chi connectivity index (χ0) is 12.3. The maximum Gasteiger partial charge on any atom is 0.232 e. The van der Waals surface area contributed by atoms with Crippen LogP contribution in [-0.4, -0.2) is 10.2 Å². The Bertz CT molecular complexity index is 491. The second kappa shape index (κ2) is 5.10. The van der Waals surface area contributed by atoms with Crippen LogP contribution in [0.2, 0.25) is 0 Å². The fourth-order valence-electron chi connectivity index (χ4n) is 1.68. The molecule has 0 spiro atoms. The van der Waals surface area contributed by atoms with Crippen LogP contribution < -0.4 is 5.73 Å². The van der Waals surface area contributed by atoms with E-state index in [1.54, 1.807) is 0 Å². The van der Waals surface area contributed by atoms with Crippen LogP contribution in [0.25, 0.3) is 0 Å². The van der Waals surface area contributed by atoms with Gasteiger partial charge >= 0.3 is 0 Å². The Hall–Kier alpha value is -1.68. The third kappa shape index (κ3) is 2.91. The average molecular weight is 231 g/mol. The molecular weight excluding hydrogens is 214 g/mol. The van der Waals surface area contributed by atoms with E-state index in [9.17, 15) is 0 Å². The highest BCUT2D eigenvalue weighted by Gasteiger charge is 2.09. The monoisotopic (exact) mass is 231 g/mol. The smallest absolute Gasteiger partial charge is 0.232 e. The highest BCUT2D eigenvalue weighted by atomic mass is 16.4. The summed E-state index contributed by atoms with van der Waals surface area (Å²) in [6, 6.07) is 8.12. The lowest BCUT2D eigenvalue weighted by molar-refractivity contribution is 0.426. The lowest BCUT2D eigenvalue weighted by Crippen LogP contribution is -2.04. The van der Waals surface area contributed by atoms with E-state index in [0.29, 0.717) is 11.8 Å². The Morgan fingerprint density at radius 1 is 1.24 bits per heavy atom. The van der Waals surface area contributed by atoms with E-state index in [4.69, 9.17) is 10.2 Å². The summed E-state index contributed by atoms with van der Waals surface area (Å²) in [4.78, 5) is 0. The molecule has 2 rings (SSSR count). The van der Waals surface area contributed by atoms with Crippen molar-refractivity contribution in [3.8, 4) is 0 Å². The summed E-state index contributed by atoms with van der Waals surface area (Å²) < 4.78 is 5.46. The average Bonchev–Trinajstić information content (AvgIpc) is 2.77. The first-order valence-electron chi connectivity index (χ1n) is 5.79. The van der Waals surface area contributed by atoms with Crippen LogP contribution in [0.5, 0.6) is 0 Å². The van der Waals surface area contributed by atoms with Crippen LogP contribution in [0.4, 0.5) is 0 Å². The molecule has 90 valence electrons. The van der Waals surface area contributed by atoms with Crippen molar-refractivity contribution in [1.29, 1.82) is 0 Å². The largest absolute Gasteiger partial charge is 0.424 e. The molecule has 1 aromatic heterocycles. The number of nitrogens with two attached hydrogens (primary N) is 1. The van der Waals surface area contributed by atoms with Gasteiger partial charge in [0.15, 0.2) is 0 Å². The van der Waals surface area contributed by atoms with Gasteiger partial charge in [-0.3, -0.25) is 0 Å². The molecule has 4 nitrogen and oxygen atoms in total. The minimum Gasteiger partial charge on any atom is -0.424 e. The molecule has 1 aromatic carbocycles.